The number of carbonyl (C=O) groups excluding carboxylic acids is 2. The van der Waals surface area contributed by atoms with Crippen molar-refractivity contribution in [1.29, 1.82) is 0 Å². The molecule has 0 aliphatic rings. The summed E-state index contributed by atoms with van der Waals surface area (Å²) in [5, 5.41) is 10.3. The SMILES string of the molecule is CCCCC/C=C\C/C=C\C/C=C\C=C\[C@@H](O)CCCC(=O)OC[C@H](COP(=O)([O-])OCC[N+](C)(C)C)OC(=O)CCC/C=C\C/C=C\C/C=C\CCCCCCCC. The van der Waals surface area contributed by atoms with Gasteiger partial charge in [0.1, 0.15) is 19.8 Å². The molecule has 0 amide bonds. The molecule has 11 heteroatoms. The topological polar surface area (TPSA) is 131 Å². The van der Waals surface area contributed by atoms with E-state index in [1.165, 1.54) is 57.8 Å². The van der Waals surface area contributed by atoms with E-state index in [9.17, 15) is 24.2 Å². The van der Waals surface area contributed by atoms with Crippen LogP contribution in [0.3, 0.4) is 0 Å². The predicted octanol–water partition coefficient (Wildman–Crippen LogP) is 11.1. The van der Waals surface area contributed by atoms with Crippen molar-refractivity contribution in [2.24, 2.45) is 0 Å². The Morgan fingerprint density at radius 2 is 1.14 bits per heavy atom. The van der Waals surface area contributed by atoms with Crippen LogP contribution in [0.4, 0.5) is 0 Å². The normalized spacial score (nSPS) is 14.9. The number of hydrogen-bond donors (Lipinski definition) is 1. The smallest absolute Gasteiger partial charge is 0.306 e. The van der Waals surface area contributed by atoms with Crippen LogP contribution in [0.1, 0.15) is 149 Å². The van der Waals surface area contributed by atoms with Crippen molar-refractivity contribution in [1.82, 2.24) is 0 Å². The Labute approximate surface area is 359 Å². The number of nitrogens with zero attached hydrogens (tertiary/aromatic N) is 1. The van der Waals surface area contributed by atoms with E-state index in [-0.39, 0.29) is 26.1 Å². The average molecular weight is 848 g/mol. The fourth-order valence-corrected chi connectivity index (χ4v) is 6.15. The highest BCUT2D eigenvalue weighted by molar-refractivity contribution is 7.45. The molecule has 0 spiro atoms. The van der Waals surface area contributed by atoms with Crippen LogP contribution in [-0.4, -0.2) is 81.2 Å². The number of ether oxygens (including phenoxy) is 2. The standard InChI is InChI=1S/C48H82NO9P/c1-6-8-10-12-14-16-18-20-21-22-23-25-27-29-31-33-35-39-48(52)58-46(44-57-59(53,54)56-42-41-49(3,4)5)43-55-47(51)40-36-38-45(50)37-34-32-30-28-26-24-19-17-15-13-11-9-7-2/h15,17,20-21,23-26,29-32,34,37,45-46,50H,6-14,16,18-19,22,27-28,33,35-36,38-44H2,1-5H3/b17-15-,21-20-,25-23-,26-24-,31-29-,32-30-,37-34+/t45-,46-/m1/s1. The zero-order valence-electron chi connectivity index (χ0n) is 37.5. The van der Waals surface area contributed by atoms with E-state index in [1.54, 1.807) is 12.2 Å². The number of rotatable bonds is 39. The summed E-state index contributed by atoms with van der Waals surface area (Å²) < 4.78 is 33.7. The molecule has 0 heterocycles. The lowest BCUT2D eigenvalue weighted by molar-refractivity contribution is -0.870. The summed E-state index contributed by atoms with van der Waals surface area (Å²) in [4.78, 5) is 37.5. The second kappa shape index (κ2) is 39.3. The van der Waals surface area contributed by atoms with Crippen LogP contribution >= 0.6 is 7.82 Å². The van der Waals surface area contributed by atoms with E-state index >= 15 is 0 Å². The fourth-order valence-electron chi connectivity index (χ4n) is 5.42. The molecule has 59 heavy (non-hydrogen) atoms. The maximum atomic E-state index is 12.7. The van der Waals surface area contributed by atoms with Crippen LogP contribution in [0, 0.1) is 0 Å². The van der Waals surface area contributed by atoms with E-state index in [0.717, 1.165) is 38.5 Å². The number of allylic oxidation sites excluding steroid dienone is 13. The Morgan fingerprint density at radius 3 is 1.75 bits per heavy atom. The van der Waals surface area contributed by atoms with E-state index in [2.05, 4.69) is 68.5 Å². The molecule has 0 saturated carbocycles. The van der Waals surface area contributed by atoms with Gasteiger partial charge >= 0.3 is 11.9 Å². The molecule has 0 fully saturated rings. The molecule has 1 N–H and O–H groups in total. The lowest BCUT2D eigenvalue weighted by atomic mass is 10.1. The Morgan fingerprint density at radius 1 is 0.627 bits per heavy atom. The number of phosphoric acid groups is 1. The first kappa shape index (κ1) is 56.1. The molecule has 0 aromatic carbocycles. The number of quaternary nitrogens is 1. The maximum Gasteiger partial charge on any atom is 0.306 e. The number of likely N-dealkylation sites (N-methyl/N-ethyl adjacent to an activating group) is 1. The van der Waals surface area contributed by atoms with Crippen molar-refractivity contribution in [2.45, 2.75) is 161 Å². The largest absolute Gasteiger partial charge is 0.756 e. The number of esters is 2. The monoisotopic (exact) mass is 848 g/mol. The van der Waals surface area contributed by atoms with Crippen molar-refractivity contribution in [3.8, 4) is 0 Å². The summed E-state index contributed by atoms with van der Waals surface area (Å²) in [5.41, 5.74) is 0. The maximum absolute atomic E-state index is 12.7. The second-order valence-electron chi connectivity index (χ2n) is 15.9. The van der Waals surface area contributed by atoms with Gasteiger partial charge in [0, 0.05) is 12.8 Å². The van der Waals surface area contributed by atoms with Crippen molar-refractivity contribution in [3.63, 3.8) is 0 Å². The van der Waals surface area contributed by atoms with Gasteiger partial charge in [0.15, 0.2) is 6.10 Å². The Kier molecular flexibility index (Phi) is 37.4. The van der Waals surface area contributed by atoms with Crippen LogP contribution in [0.25, 0.3) is 0 Å². The van der Waals surface area contributed by atoms with E-state index < -0.39 is 38.6 Å². The van der Waals surface area contributed by atoms with Crippen LogP contribution < -0.4 is 4.89 Å². The molecule has 0 rings (SSSR count). The van der Waals surface area contributed by atoms with Gasteiger partial charge in [-0.3, -0.25) is 14.2 Å². The predicted molar refractivity (Wildman–Crippen MR) is 242 cm³/mol. The summed E-state index contributed by atoms with van der Waals surface area (Å²) in [5.74, 6) is -1.11. The molecule has 338 valence electrons. The molecular formula is C48H82NO9P. The van der Waals surface area contributed by atoms with Crippen LogP contribution in [0.5, 0.6) is 0 Å². The zero-order chi connectivity index (χ0) is 43.7. The molecule has 0 aliphatic heterocycles. The van der Waals surface area contributed by atoms with Gasteiger partial charge in [-0.1, -0.05) is 144 Å². The molecule has 0 aromatic heterocycles. The number of unbranched alkanes of at least 4 members (excludes halogenated alkanes) is 10. The van der Waals surface area contributed by atoms with Gasteiger partial charge in [-0.05, 0) is 77.0 Å². The first-order valence-electron chi connectivity index (χ1n) is 22.4. The third-order valence-corrected chi connectivity index (χ3v) is 9.96. The minimum absolute atomic E-state index is 0.0335. The summed E-state index contributed by atoms with van der Waals surface area (Å²) in [6, 6.07) is 0. The lowest BCUT2D eigenvalue weighted by Gasteiger charge is -2.28. The van der Waals surface area contributed by atoms with Crippen LogP contribution in [-0.2, 0) is 32.7 Å². The number of aliphatic hydroxyl groups excluding tert-OH is 1. The molecule has 0 radical (unpaired) electrons. The molecule has 1 unspecified atom stereocenters. The summed E-state index contributed by atoms with van der Waals surface area (Å²) >= 11 is 0. The first-order valence-corrected chi connectivity index (χ1v) is 23.9. The third-order valence-electron chi connectivity index (χ3n) is 8.99. The Hall–Kier alpha value is -2.85. The number of hydrogen-bond acceptors (Lipinski definition) is 9. The molecule has 3 atom stereocenters. The highest BCUT2D eigenvalue weighted by atomic mass is 31.2. The Balaban J connectivity index is 4.65. The minimum atomic E-state index is -4.69. The van der Waals surface area contributed by atoms with Gasteiger partial charge in [-0.2, -0.15) is 0 Å². The van der Waals surface area contributed by atoms with Gasteiger partial charge in [0.2, 0.25) is 0 Å². The number of phosphoric ester groups is 1. The average Bonchev–Trinajstić information content (AvgIpc) is 3.18. The summed E-state index contributed by atoms with van der Waals surface area (Å²) in [6.45, 7) is 3.88. The molecular weight excluding hydrogens is 765 g/mol. The summed E-state index contributed by atoms with van der Waals surface area (Å²) in [6.07, 6.45) is 46.5. The third kappa shape index (κ3) is 43.1. The Bertz CT molecular complexity index is 1300. The van der Waals surface area contributed by atoms with E-state index in [1.807, 2.05) is 39.4 Å². The van der Waals surface area contributed by atoms with E-state index in [4.69, 9.17) is 18.5 Å². The van der Waals surface area contributed by atoms with E-state index in [0.29, 0.717) is 36.7 Å². The van der Waals surface area contributed by atoms with Crippen molar-refractivity contribution in [2.75, 3.05) is 47.5 Å². The minimum Gasteiger partial charge on any atom is -0.756 e. The molecule has 0 saturated heterocycles. The molecule has 0 aliphatic carbocycles. The van der Waals surface area contributed by atoms with Crippen molar-refractivity contribution >= 4 is 19.8 Å². The highest BCUT2D eigenvalue weighted by Gasteiger charge is 2.21. The van der Waals surface area contributed by atoms with Gasteiger partial charge in [0.05, 0.1) is 33.9 Å². The van der Waals surface area contributed by atoms with Crippen molar-refractivity contribution < 1.29 is 47.2 Å². The van der Waals surface area contributed by atoms with Gasteiger partial charge in [-0.15, -0.1) is 0 Å². The quantitative estimate of drug-likeness (QED) is 0.0160. The number of aliphatic hydroxyl groups is 1. The van der Waals surface area contributed by atoms with Crippen LogP contribution in [0.15, 0.2) is 85.1 Å². The fraction of sp³-hybridized carbons (Fsp3) is 0.667. The number of carbonyl (C=O) groups is 2. The van der Waals surface area contributed by atoms with Crippen molar-refractivity contribution in [3.05, 3.63) is 85.1 Å². The molecule has 0 bridgehead atoms. The van der Waals surface area contributed by atoms with Gasteiger partial charge in [0.25, 0.3) is 7.82 Å². The highest BCUT2D eigenvalue weighted by Crippen LogP contribution is 2.38. The van der Waals surface area contributed by atoms with Gasteiger partial charge < -0.3 is 33.0 Å². The molecule has 0 aromatic rings. The van der Waals surface area contributed by atoms with Crippen LogP contribution in [0.2, 0.25) is 0 Å². The zero-order valence-corrected chi connectivity index (χ0v) is 38.4. The second-order valence-corrected chi connectivity index (χ2v) is 17.3. The lowest BCUT2D eigenvalue weighted by Crippen LogP contribution is -2.37. The molecule has 10 nitrogen and oxygen atoms in total. The summed E-state index contributed by atoms with van der Waals surface area (Å²) in [7, 11) is 1.02. The first-order chi connectivity index (χ1) is 28.4. The van der Waals surface area contributed by atoms with Gasteiger partial charge in [-0.25, -0.2) is 0 Å².